The van der Waals surface area contributed by atoms with E-state index >= 15 is 0 Å². The van der Waals surface area contributed by atoms with Gasteiger partial charge in [-0.3, -0.25) is 4.79 Å². The van der Waals surface area contributed by atoms with Crippen LogP contribution in [-0.2, 0) is 23.9 Å². The number of hydrogen-bond acceptors (Lipinski definition) is 6. The van der Waals surface area contributed by atoms with Crippen LogP contribution < -0.4 is 0 Å². The van der Waals surface area contributed by atoms with E-state index < -0.39 is 30.1 Å². The molecule has 0 amide bonds. The third-order valence-corrected chi connectivity index (χ3v) is 2.66. The predicted molar refractivity (Wildman–Crippen MR) is 71.7 cm³/mol. The van der Waals surface area contributed by atoms with Crippen LogP contribution in [0.4, 0.5) is 0 Å². The summed E-state index contributed by atoms with van der Waals surface area (Å²) in [5.41, 5.74) is 0. The molecule has 2 atom stereocenters. The summed E-state index contributed by atoms with van der Waals surface area (Å²) in [6, 6.07) is 0. The fourth-order valence-electron chi connectivity index (χ4n) is 1.44. The molecule has 0 aliphatic rings. The Kier molecular flexibility index (Phi) is 9.63. The largest absolute Gasteiger partial charge is 0.449 e. The van der Waals surface area contributed by atoms with Crippen LogP contribution in [0.25, 0.3) is 0 Å². The molecule has 6 nitrogen and oxygen atoms in total. The fraction of sp³-hybridized carbons (Fsp3) is 0.786. The second-order valence-electron chi connectivity index (χ2n) is 4.71. The monoisotopic (exact) mass is 288 g/mol. The maximum absolute atomic E-state index is 11.4. The number of hydrogen-bond donors (Lipinski definition) is 1. The normalized spacial score (nSPS) is 13.4. The van der Waals surface area contributed by atoms with Crippen molar-refractivity contribution in [3.05, 3.63) is 0 Å². The van der Waals surface area contributed by atoms with Gasteiger partial charge in [-0.2, -0.15) is 0 Å². The standard InChI is InChI=1S/C14H24O6/c1-4-5-6-7-8-9-12(16)20-14(18)11(3)19-13(17)10(2)15/h10-11,15H,4-9H2,1-3H3. The highest BCUT2D eigenvalue weighted by Gasteiger charge is 2.23. The van der Waals surface area contributed by atoms with Crippen LogP contribution in [0.5, 0.6) is 0 Å². The van der Waals surface area contributed by atoms with Gasteiger partial charge in [0.25, 0.3) is 0 Å². The minimum Gasteiger partial charge on any atom is -0.449 e. The molecule has 0 saturated heterocycles. The van der Waals surface area contributed by atoms with Crippen molar-refractivity contribution in [3.63, 3.8) is 0 Å². The summed E-state index contributed by atoms with van der Waals surface area (Å²) in [7, 11) is 0. The van der Waals surface area contributed by atoms with Crippen molar-refractivity contribution in [2.24, 2.45) is 0 Å². The number of carbonyl (C=O) groups is 3. The average Bonchev–Trinajstić information content (AvgIpc) is 2.38. The van der Waals surface area contributed by atoms with Crippen LogP contribution >= 0.6 is 0 Å². The number of esters is 3. The first-order valence-corrected chi connectivity index (χ1v) is 7.01. The number of aliphatic hydroxyl groups excluding tert-OH is 1. The Bertz CT molecular complexity index is 324. The summed E-state index contributed by atoms with van der Waals surface area (Å²) >= 11 is 0. The van der Waals surface area contributed by atoms with E-state index in [1.165, 1.54) is 13.8 Å². The summed E-state index contributed by atoms with van der Waals surface area (Å²) in [4.78, 5) is 33.9. The zero-order chi connectivity index (χ0) is 15.5. The van der Waals surface area contributed by atoms with Gasteiger partial charge in [-0.05, 0) is 20.3 Å². The summed E-state index contributed by atoms with van der Waals surface area (Å²) in [5, 5.41) is 8.93. The van der Waals surface area contributed by atoms with Crippen molar-refractivity contribution >= 4 is 17.9 Å². The first-order valence-electron chi connectivity index (χ1n) is 7.01. The molecule has 0 bridgehead atoms. The molecule has 2 unspecified atom stereocenters. The Balaban J connectivity index is 3.89. The van der Waals surface area contributed by atoms with Crippen LogP contribution in [0.15, 0.2) is 0 Å². The lowest BCUT2D eigenvalue weighted by molar-refractivity contribution is -0.176. The molecule has 6 heteroatoms. The maximum Gasteiger partial charge on any atom is 0.354 e. The lowest BCUT2D eigenvalue weighted by Crippen LogP contribution is -2.31. The maximum atomic E-state index is 11.4. The third-order valence-electron chi connectivity index (χ3n) is 2.66. The molecule has 0 fully saturated rings. The molecule has 1 N–H and O–H groups in total. The van der Waals surface area contributed by atoms with Gasteiger partial charge in [0.05, 0.1) is 0 Å². The molecular weight excluding hydrogens is 264 g/mol. The number of unbranched alkanes of at least 4 members (excludes halogenated alkanes) is 4. The van der Waals surface area contributed by atoms with E-state index in [0.29, 0.717) is 6.42 Å². The van der Waals surface area contributed by atoms with Crippen LogP contribution in [0.1, 0.15) is 59.3 Å². The van der Waals surface area contributed by atoms with E-state index in [9.17, 15) is 14.4 Å². The highest BCUT2D eigenvalue weighted by Crippen LogP contribution is 2.07. The van der Waals surface area contributed by atoms with Crippen LogP contribution in [0, 0.1) is 0 Å². The summed E-state index contributed by atoms with van der Waals surface area (Å²) in [5.74, 6) is -2.47. The zero-order valence-corrected chi connectivity index (χ0v) is 12.4. The molecule has 0 saturated carbocycles. The van der Waals surface area contributed by atoms with Crippen LogP contribution in [0.2, 0.25) is 0 Å². The Morgan fingerprint density at radius 2 is 1.60 bits per heavy atom. The summed E-state index contributed by atoms with van der Waals surface area (Å²) in [6.07, 6.45) is 2.54. The van der Waals surface area contributed by atoms with Gasteiger partial charge in [-0.25, -0.2) is 9.59 Å². The Morgan fingerprint density at radius 1 is 1.00 bits per heavy atom. The summed E-state index contributed by atoms with van der Waals surface area (Å²) < 4.78 is 9.18. The van der Waals surface area contributed by atoms with E-state index in [2.05, 4.69) is 16.4 Å². The van der Waals surface area contributed by atoms with Gasteiger partial charge < -0.3 is 14.6 Å². The molecule has 20 heavy (non-hydrogen) atoms. The van der Waals surface area contributed by atoms with Crippen molar-refractivity contribution in [1.29, 1.82) is 0 Å². The van der Waals surface area contributed by atoms with E-state index in [1.807, 2.05) is 0 Å². The first kappa shape index (κ1) is 18.6. The number of aliphatic hydroxyl groups is 1. The van der Waals surface area contributed by atoms with Crippen LogP contribution in [0.3, 0.4) is 0 Å². The minimum absolute atomic E-state index is 0.173. The Labute approximate surface area is 119 Å². The second kappa shape index (κ2) is 10.4. The lowest BCUT2D eigenvalue weighted by Gasteiger charge is -2.12. The van der Waals surface area contributed by atoms with Gasteiger partial charge in [0.15, 0.2) is 6.10 Å². The van der Waals surface area contributed by atoms with Crippen molar-refractivity contribution in [2.75, 3.05) is 0 Å². The highest BCUT2D eigenvalue weighted by molar-refractivity contribution is 5.89. The van der Waals surface area contributed by atoms with Crippen molar-refractivity contribution in [1.82, 2.24) is 0 Å². The molecule has 0 aromatic carbocycles. The lowest BCUT2D eigenvalue weighted by atomic mass is 10.1. The molecule has 0 radical (unpaired) electrons. The molecule has 0 spiro atoms. The molecule has 0 aromatic heterocycles. The fourth-order valence-corrected chi connectivity index (χ4v) is 1.44. The SMILES string of the molecule is CCCCCCCC(=O)OC(=O)C(C)OC(=O)C(C)O. The second-order valence-corrected chi connectivity index (χ2v) is 4.71. The van der Waals surface area contributed by atoms with Gasteiger partial charge in [0, 0.05) is 6.42 Å². The molecule has 0 aliphatic carbocycles. The van der Waals surface area contributed by atoms with E-state index in [0.717, 1.165) is 25.7 Å². The van der Waals surface area contributed by atoms with Crippen molar-refractivity contribution < 1.29 is 29.0 Å². The van der Waals surface area contributed by atoms with Crippen molar-refractivity contribution in [2.45, 2.75) is 71.5 Å². The van der Waals surface area contributed by atoms with Gasteiger partial charge in [0.2, 0.25) is 0 Å². The Hall–Kier alpha value is -1.43. The quantitative estimate of drug-likeness (QED) is 0.395. The number of carbonyl (C=O) groups excluding carboxylic acids is 3. The Morgan fingerprint density at radius 3 is 2.15 bits per heavy atom. The minimum atomic E-state index is -1.32. The predicted octanol–water partition coefficient (Wildman–Crippen LogP) is 1.73. The summed E-state index contributed by atoms with van der Waals surface area (Å²) in [6.45, 7) is 4.61. The van der Waals surface area contributed by atoms with Crippen LogP contribution in [-0.4, -0.2) is 35.2 Å². The van der Waals surface area contributed by atoms with E-state index in [-0.39, 0.29) is 6.42 Å². The molecule has 0 aromatic rings. The number of ether oxygens (including phenoxy) is 2. The van der Waals surface area contributed by atoms with Gasteiger partial charge in [0.1, 0.15) is 6.10 Å². The van der Waals surface area contributed by atoms with Gasteiger partial charge in [-0.15, -0.1) is 0 Å². The van der Waals surface area contributed by atoms with E-state index in [4.69, 9.17) is 5.11 Å². The topological polar surface area (TPSA) is 89.9 Å². The smallest absolute Gasteiger partial charge is 0.354 e. The van der Waals surface area contributed by atoms with Gasteiger partial charge >= 0.3 is 17.9 Å². The molecule has 116 valence electrons. The van der Waals surface area contributed by atoms with Crippen molar-refractivity contribution in [3.8, 4) is 0 Å². The number of rotatable bonds is 9. The molecule has 0 rings (SSSR count). The third kappa shape index (κ3) is 8.63. The first-order chi connectivity index (χ1) is 9.38. The van der Waals surface area contributed by atoms with Gasteiger partial charge in [-0.1, -0.05) is 32.6 Å². The highest BCUT2D eigenvalue weighted by atomic mass is 16.6. The van der Waals surface area contributed by atoms with E-state index in [1.54, 1.807) is 0 Å². The molecular formula is C14H24O6. The average molecular weight is 288 g/mol. The molecule has 0 heterocycles. The zero-order valence-electron chi connectivity index (χ0n) is 12.4. The molecule has 0 aliphatic heterocycles.